The molecule has 10 rings (SSSR count). The van der Waals surface area contributed by atoms with E-state index in [1.54, 1.807) is 26.6 Å². The van der Waals surface area contributed by atoms with E-state index in [1.165, 1.54) is 12.8 Å². The number of benzene rings is 2. The number of pyridine rings is 2. The molecular formula is C40H50N4O8S. The highest BCUT2D eigenvalue weighted by Crippen LogP contribution is 2.43. The van der Waals surface area contributed by atoms with Crippen molar-refractivity contribution < 1.29 is 37.2 Å². The summed E-state index contributed by atoms with van der Waals surface area (Å²) < 4.78 is 42.3. The molecule has 12 nitrogen and oxygen atoms in total. The maximum absolute atomic E-state index is 11.2. The predicted molar refractivity (Wildman–Crippen MR) is 204 cm³/mol. The van der Waals surface area contributed by atoms with Crippen molar-refractivity contribution in [1.82, 2.24) is 19.8 Å². The minimum absolute atomic E-state index is 0.178. The molecule has 6 saturated heterocycles. The van der Waals surface area contributed by atoms with Crippen LogP contribution in [-0.4, -0.2) is 100.0 Å². The van der Waals surface area contributed by atoms with E-state index in [0.717, 1.165) is 83.5 Å². The van der Waals surface area contributed by atoms with Crippen molar-refractivity contribution >= 4 is 32.2 Å². The average Bonchev–Trinajstić information content (AvgIpc) is 3.19. The Morgan fingerprint density at radius 3 is 1.45 bits per heavy atom. The van der Waals surface area contributed by atoms with Crippen LogP contribution in [0, 0.1) is 23.7 Å². The van der Waals surface area contributed by atoms with Crippen molar-refractivity contribution in [3.05, 3.63) is 97.4 Å². The number of fused-ring (bicyclic) bond motifs is 8. The summed E-state index contributed by atoms with van der Waals surface area (Å²) >= 11 is 0. The summed E-state index contributed by atoms with van der Waals surface area (Å²) in [5.74, 6) is 4.01. The monoisotopic (exact) mass is 746 g/mol. The summed E-state index contributed by atoms with van der Waals surface area (Å²) in [5.41, 5.74) is 3.69. The van der Waals surface area contributed by atoms with Gasteiger partial charge in [-0.1, -0.05) is 12.2 Å². The van der Waals surface area contributed by atoms with Crippen LogP contribution in [0.3, 0.4) is 0 Å². The van der Waals surface area contributed by atoms with Crippen LogP contribution in [0.4, 0.5) is 0 Å². The van der Waals surface area contributed by atoms with E-state index in [0.29, 0.717) is 23.7 Å². The van der Waals surface area contributed by atoms with Crippen molar-refractivity contribution in [2.75, 3.05) is 40.4 Å². The maximum atomic E-state index is 11.2. The highest BCUT2D eigenvalue weighted by atomic mass is 32.3. The molecule has 6 fully saturated rings. The zero-order valence-electron chi connectivity index (χ0n) is 30.2. The van der Waals surface area contributed by atoms with Crippen LogP contribution >= 0.6 is 0 Å². The zero-order chi connectivity index (χ0) is 37.9. The minimum atomic E-state index is -4.67. The van der Waals surface area contributed by atoms with E-state index in [2.05, 4.69) is 45.1 Å². The topological polar surface area (TPSA) is 166 Å². The third-order valence-electron chi connectivity index (χ3n) is 11.6. The van der Waals surface area contributed by atoms with Gasteiger partial charge in [-0.05, 0) is 122 Å². The van der Waals surface area contributed by atoms with Crippen LogP contribution in [0.2, 0.25) is 0 Å². The van der Waals surface area contributed by atoms with Crippen LogP contribution in [0.25, 0.3) is 21.8 Å². The molecule has 0 saturated carbocycles. The molecule has 2 aromatic carbocycles. The first-order valence-electron chi connectivity index (χ1n) is 18.1. The Labute approximate surface area is 311 Å². The first-order valence-corrected chi connectivity index (χ1v) is 19.5. The highest BCUT2D eigenvalue weighted by Gasteiger charge is 2.43. The second kappa shape index (κ2) is 16.6. The summed E-state index contributed by atoms with van der Waals surface area (Å²) in [6.45, 7) is 12.1. The van der Waals surface area contributed by atoms with E-state index in [-0.39, 0.29) is 12.1 Å². The van der Waals surface area contributed by atoms with Gasteiger partial charge < -0.3 is 19.7 Å². The number of rotatable bonds is 8. The normalized spacial score (nSPS) is 28.5. The molecular weight excluding hydrogens is 697 g/mol. The molecule has 2 aromatic heterocycles. The molecule has 2 unspecified atom stereocenters. The number of hydrogen-bond donors (Lipinski definition) is 4. The largest absolute Gasteiger partial charge is 0.497 e. The third kappa shape index (κ3) is 8.73. The number of aliphatic hydroxyl groups excluding tert-OH is 2. The van der Waals surface area contributed by atoms with Gasteiger partial charge in [0, 0.05) is 48.3 Å². The highest BCUT2D eigenvalue weighted by molar-refractivity contribution is 7.79. The molecule has 53 heavy (non-hydrogen) atoms. The van der Waals surface area contributed by atoms with Gasteiger partial charge in [-0.15, -0.1) is 13.2 Å². The van der Waals surface area contributed by atoms with Gasteiger partial charge in [-0.25, -0.2) is 0 Å². The number of ether oxygens (including phenoxy) is 2. The number of aromatic nitrogens is 2. The lowest BCUT2D eigenvalue weighted by Crippen LogP contribution is -2.54. The summed E-state index contributed by atoms with van der Waals surface area (Å²) in [7, 11) is -1.34. The molecule has 4 aromatic rings. The Kier molecular flexibility index (Phi) is 12.1. The Bertz CT molecular complexity index is 1890. The molecule has 4 N–H and O–H groups in total. The Morgan fingerprint density at radius 1 is 0.736 bits per heavy atom. The van der Waals surface area contributed by atoms with Gasteiger partial charge in [0.05, 0.1) is 37.5 Å². The predicted octanol–water partition coefficient (Wildman–Crippen LogP) is 5.69. The summed E-state index contributed by atoms with van der Waals surface area (Å²) in [6, 6.07) is 15.9. The maximum Gasteiger partial charge on any atom is 0.394 e. The second-order valence-electron chi connectivity index (χ2n) is 14.4. The fraction of sp³-hybridized carbons (Fsp3) is 0.450. The molecule has 8 heterocycles. The Balaban J connectivity index is 0.000000161. The number of piperidine rings is 6. The zero-order valence-corrected chi connectivity index (χ0v) is 31.1. The van der Waals surface area contributed by atoms with Crippen LogP contribution in [-0.2, 0) is 10.4 Å². The van der Waals surface area contributed by atoms with E-state index in [1.807, 2.05) is 48.5 Å². The van der Waals surface area contributed by atoms with E-state index < -0.39 is 22.6 Å². The van der Waals surface area contributed by atoms with Crippen LogP contribution in [0.15, 0.2) is 86.2 Å². The van der Waals surface area contributed by atoms with Gasteiger partial charge in [-0.2, -0.15) is 8.42 Å². The van der Waals surface area contributed by atoms with Crippen LogP contribution < -0.4 is 9.47 Å². The van der Waals surface area contributed by atoms with Crippen molar-refractivity contribution in [1.29, 1.82) is 0 Å². The fourth-order valence-electron chi connectivity index (χ4n) is 8.89. The summed E-state index contributed by atoms with van der Waals surface area (Å²) in [6.07, 6.45) is 11.2. The lowest BCUT2D eigenvalue weighted by atomic mass is 9.73. The first kappa shape index (κ1) is 38.8. The van der Waals surface area contributed by atoms with Gasteiger partial charge in [0.2, 0.25) is 0 Å². The minimum Gasteiger partial charge on any atom is -0.497 e. The molecule has 0 amide bonds. The van der Waals surface area contributed by atoms with E-state index in [9.17, 15) is 10.2 Å². The quantitative estimate of drug-likeness (QED) is 0.129. The molecule has 0 spiro atoms. The second-order valence-corrected chi connectivity index (χ2v) is 15.3. The molecule has 284 valence electrons. The standard InChI is InChI=1S/2C20H24N2O2.H2O4S/c2*1-3-13-12-22-9-7-14(13)10-19(22)20(23)16-6-8-21-18-5-4-15(24-2)11-17(16)18;1-5(2,3)4/h2*3-6,8,11,13-14,19-20,23H,1,7,9-10,12H2,2H3;(H2,1,2,3,4)/t2*13-,14+,19-,20+;/m11./s1. The number of methoxy groups -OCH3 is 2. The van der Waals surface area contributed by atoms with Crippen LogP contribution in [0.5, 0.6) is 11.5 Å². The SMILES string of the molecule is C=C[C@@H]1CN2CC[C@H]1C[C@@H]2[C@@H](O)c1ccnc2ccc(OC)cc12.C=C[C@@H]1CN2CC[C@H]1C[C@@H]2[C@@H](O)c1ccnc2ccc(OC)cc12.O=S(=O)(O)O. The van der Waals surface area contributed by atoms with Gasteiger partial charge in [-0.3, -0.25) is 28.9 Å². The number of nitrogens with zero attached hydrogens (tertiary/aromatic N) is 4. The average molecular weight is 747 g/mol. The van der Waals surface area contributed by atoms with E-state index in [4.69, 9.17) is 27.0 Å². The molecule has 6 aliphatic heterocycles. The fourth-order valence-corrected chi connectivity index (χ4v) is 8.89. The van der Waals surface area contributed by atoms with Gasteiger partial charge in [0.15, 0.2) is 0 Å². The van der Waals surface area contributed by atoms with Crippen molar-refractivity contribution in [2.24, 2.45) is 23.7 Å². The van der Waals surface area contributed by atoms with Crippen LogP contribution in [0.1, 0.15) is 49.0 Å². The summed E-state index contributed by atoms with van der Waals surface area (Å²) in [4.78, 5) is 13.7. The number of hydrogen-bond acceptors (Lipinski definition) is 10. The van der Waals surface area contributed by atoms with Gasteiger partial charge in [0.25, 0.3) is 0 Å². The summed E-state index contributed by atoms with van der Waals surface area (Å²) in [5, 5.41) is 24.3. The Morgan fingerprint density at radius 2 is 1.13 bits per heavy atom. The molecule has 13 heteroatoms. The van der Waals surface area contributed by atoms with Gasteiger partial charge in [0.1, 0.15) is 11.5 Å². The molecule has 10 atom stereocenters. The molecule has 6 aliphatic rings. The van der Waals surface area contributed by atoms with E-state index >= 15 is 0 Å². The Hall–Kier alpha value is -3.95. The number of aliphatic hydroxyl groups is 2. The lowest BCUT2D eigenvalue weighted by molar-refractivity contribution is -0.0445. The van der Waals surface area contributed by atoms with Crippen molar-refractivity contribution in [3.63, 3.8) is 0 Å². The molecule has 0 aliphatic carbocycles. The molecule has 4 bridgehead atoms. The van der Waals surface area contributed by atoms with Crippen molar-refractivity contribution in [2.45, 2.75) is 50.0 Å². The van der Waals surface area contributed by atoms with Gasteiger partial charge >= 0.3 is 10.4 Å². The smallest absolute Gasteiger partial charge is 0.394 e. The molecule has 0 radical (unpaired) electrons. The van der Waals surface area contributed by atoms with Crippen molar-refractivity contribution in [3.8, 4) is 11.5 Å². The third-order valence-corrected chi connectivity index (χ3v) is 11.6. The first-order chi connectivity index (χ1) is 25.4. The lowest BCUT2D eigenvalue weighted by Gasteiger charge is -2.50.